The number of benzene rings is 2. The van der Waals surface area contributed by atoms with Gasteiger partial charge in [-0.05, 0) is 61.6 Å². The van der Waals surface area contributed by atoms with Gasteiger partial charge in [-0.3, -0.25) is 4.79 Å². The van der Waals surface area contributed by atoms with Crippen molar-refractivity contribution in [3.63, 3.8) is 0 Å². The van der Waals surface area contributed by atoms with Crippen LogP contribution < -0.4 is 20.9 Å². The van der Waals surface area contributed by atoms with Gasteiger partial charge >= 0.3 is 6.03 Å². The largest absolute Gasteiger partial charge is 0.385 e. The predicted molar refractivity (Wildman–Crippen MR) is 135 cm³/mol. The van der Waals surface area contributed by atoms with Crippen LogP contribution in [-0.2, 0) is 4.74 Å². The molecular formula is C24H30Cl2N4O3. The normalized spacial score (nSPS) is 14.1. The molecule has 1 aliphatic rings. The first kappa shape index (κ1) is 25.1. The quantitative estimate of drug-likeness (QED) is 0.416. The van der Waals surface area contributed by atoms with Gasteiger partial charge in [0.2, 0.25) is 0 Å². The Kier molecular flexibility index (Phi) is 9.23. The maximum atomic E-state index is 13.0. The van der Waals surface area contributed by atoms with Crippen LogP contribution in [0.2, 0.25) is 10.0 Å². The van der Waals surface area contributed by atoms with Crippen LogP contribution in [0, 0.1) is 5.92 Å². The standard InChI is InChI=1S/C24H30Cl2N4O3/c1-16-8-11-30(12-9-16)22-7-5-17(14-19(22)23(31)27-10-3-13-33-2)28-24(32)29-18-4-6-20(25)21(26)15-18/h4-7,14-16H,3,8-13H2,1-2H3,(H,27,31)(H2,28,29,32). The minimum atomic E-state index is -0.445. The number of halogens is 2. The summed E-state index contributed by atoms with van der Waals surface area (Å²) >= 11 is 11.9. The summed E-state index contributed by atoms with van der Waals surface area (Å²) in [5.41, 5.74) is 2.44. The Bertz CT molecular complexity index is 978. The number of nitrogens with one attached hydrogen (secondary N) is 3. The molecule has 3 amide bonds. The molecule has 0 aromatic heterocycles. The third-order valence-corrected chi connectivity index (χ3v) is 6.35. The second-order valence-corrected chi connectivity index (χ2v) is 9.03. The van der Waals surface area contributed by atoms with Gasteiger partial charge in [-0.25, -0.2) is 4.79 Å². The average molecular weight is 493 g/mol. The van der Waals surface area contributed by atoms with Gasteiger partial charge in [0.15, 0.2) is 0 Å². The number of carbonyl (C=O) groups is 2. The SMILES string of the molecule is COCCCNC(=O)c1cc(NC(=O)Nc2ccc(Cl)c(Cl)c2)ccc1N1CCC(C)CC1. The molecule has 0 spiro atoms. The van der Waals surface area contributed by atoms with Crippen molar-refractivity contribution in [1.82, 2.24) is 5.32 Å². The number of nitrogens with zero attached hydrogens (tertiary/aromatic N) is 1. The molecule has 0 aliphatic carbocycles. The van der Waals surface area contributed by atoms with E-state index in [0.717, 1.165) is 38.0 Å². The van der Waals surface area contributed by atoms with E-state index >= 15 is 0 Å². The molecule has 0 unspecified atom stereocenters. The molecule has 2 aromatic rings. The van der Waals surface area contributed by atoms with Gasteiger partial charge < -0.3 is 25.6 Å². The van der Waals surface area contributed by atoms with Crippen molar-refractivity contribution in [2.24, 2.45) is 5.92 Å². The summed E-state index contributed by atoms with van der Waals surface area (Å²) in [5, 5.41) is 9.22. The Balaban J connectivity index is 1.75. The third-order valence-electron chi connectivity index (χ3n) is 5.61. The van der Waals surface area contributed by atoms with Gasteiger partial charge in [0.1, 0.15) is 0 Å². The molecular weight excluding hydrogens is 463 g/mol. The van der Waals surface area contributed by atoms with Crippen LogP contribution in [0.1, 0.15) is 36.5 Å². The topological polar surface area (TPSA) is 82.7 Å². The highest BCUT2D eigenvalue weighted by Gasteiger charge is 2.22. The van der Waals surface area contributed by atoms with Gasteiger partial charge in [0, 0.05) is 50.4 Å². The van der Waals surface area contributed by atoms with Crippen molar-refractivity contribution in [1.29, 1.82) is 0 Å². The van der Waals surface area contributed by atoms with E-state index in [2.05, 4.69) is 27.8 Å². The number of amides is 3. The lowest BCUT2D eigenvalue weighted by Gasteiger charge is -2.33. The fourth-order valence-corrected chi connectivity index (χ4v) is 4.00. The van der Waals surface area contributed by atoms with Crippen molar-refractivity contribution in [2.45, 2.75) is 26.2 Å². The molecule has 3 rings (SSSR count). The van der Waals surface area contributed by atoms with E-state index in [9.17, 15) is 9.59 Å². The third kappa shape index (κ3) is 7.25. The summed E-state index contributed by atoms with van der Waals surface area (Å²) < 4.78 is 5.05. The Labute approximate surface area is 204 Å². The highest BCUT2D eigenvalue weighted by atomic mass is 35.5. The Morgan fingerprint density at radius 3 is 2.36 bits per heavy atom. The zero-order valence-electron chi connectivity index (χ0n) is 18.9. The van der Waals surface area contributed by atoms with Crippen LogP contribution in [0.5, 0.6) is 0 Å². The molecule has 0 radical (unpaired) electrons. The molecule has 3 N–H and O–H groups in total. The summed E-state index contributed by atoms with van der Waals surface area (Å²) in [6.07, 6.45) is 2.89. The van der Waals surface area contributed by atoms with E-state index in [1.807, 2.05) is 12.1 Å². The van der Waals surface area contributed by atoms with Crippen molar-refractivity contribution < 1.29 is 14.3 Å². The average Bonchev–Trinajstić information content (AvgIpc) is 2.79. The molecule has 1 saturated heterocycles. The molecule has 7 nitrogen and oxygen atoms in total. The first-order chi connectivity index (χ1) is 15.9. The number of piperidine rings is 1. The first-order valence-electron chi connectivity index (χ1n) is 11.1. The van der Waals surface area contributed by atoms with Crippen LogP contribution in [0.25, 0.3) is 0 Å². The van der Waals surface area contributed by atoms with E-state index < -0.39 is 6.03 Å². The van der Waals surface area contributed by atoms with E-state index in [0.29, 0.717) is 46.1 Å². The van der Waals surface area contributed by atoms with Gasteiger partial charge in [-0.15, -0.1) is 0 Å². The zero-order valence-corrected chi connectivity index (χ0v) is 20.4. The first-order valence-corrected chi connectivity index (χ1v) is 11.8. The van der Waals surface area contributed by atoms with E-state index in [-0.39, 0.29) is 5.91 Å². The van der Waals surface area contributed by atoms with Gasteiger partial charge in [-0.2, -0.15) is 0 Å². The van der Waals surface area contributed by atoms with Crippen molar-refractivity contribution in [3.8, 4) is 0 Å². The van der Waals surface area contributed by atoms with E-state index in [1.54, 1.807) is 31.4 Å². The number of methoxy groups -OCH3 is 1. The summed E-state index contributed by atoms with van der Waals surface area (Å²) in [5.74, 6) is 0.506. The Morgan fingerprint density at radius 2 is 1.70 bits per heavy atom. The second kappa shape index (κ2) is 12.1. The lowest BCUT2D eigenvalue weighted by atomic mass is 9.98. The summed E-state index contributed by atoms with van der Waals surface area (Å²) in [6, 6.07) is 9.82. The number of hydrogen-bond acceptors (Lipinski definition) is 4. The van der Waals surface area contributed by atoms with Crippen LogP contribution in [-0.4, -0.2) is 45.3 Å². The number of ether oxygens (including phenoxy) is 1. The number of urea groups is 1. The summed E-state index contributed by atoms with van der Waals surface area (Å²) in [7, 11) is 1.63. The molecule has 0 saturated carbocycles. The fourth-order valence-electron chi connectivity index (χ4n) is 3.70. The number of hydrogen-bond donors (Lipinski definition) is 3. The van der Waals surface area contributed by atoms with Gasteiger partial charge in [-0.1, -0.05) is 30.1 Å². The molecule has 1 aliphatic heterocycles. The highest BCUT2D eigenvalue weighted by Crippen LogP contribution is 2.29. The molecule has 1 fully saturated rings. The van der Waals surface area contributed by atoms with Crippen molar-refractivity contribution in [3.05, 3.63) is 52.0 Å². The lowest BCUT2D eigenvalue weighted by Crippen LogP contribution is -2.35. The highest BCUT2D eigenvalue weighted by molar-refractivity contribution is 6.42. The molecule has 0 atom stereocenters. The zero-order chi connectivity index (χ0) is 23.8. The molecule has 9 heteroatoms. The van der Waals surface area contributed by atoms with Crippen molar-refractivity contribution in [2.75, 3.05) is 48.9 Å². The van der Waals surface area contributed by atoms with Crippen LogP contribution in [0.4, 0.5) is 21.9 Å². The van der Waals surface area contributed by atoms with Crippen LogP contribution >= 0.6 is 23.2 Å². The van der Waals surface area contributed by atoms with E-state index in [4.69, 9.17) is 27.9 Å². The number of carbonyl (C=O) groups excluding carboxylic acids is 2. The molecule has 0 bridgehead atoms. The minimum absolute atomic E-state index is 0.173. The van der Waals surface area contributed by atoms with Crippen LogP contribution in [0.15, 0.2) is 36.4 Å². The smallest absolute Gasteiger partial charge is 0.323 e. The van der Waals surface area contributed by atoms with Gasteiger partial charge in [0.05, 0.1) is 15.6 Å². The van der Waals surface area contributed by atoms with Gasteiger partial charge in [0.25, 0.3) is 5.91 Å². The maximum absolute atomic E-state index is 13.0. The minimum Gasteiger partial charge on any atom is -0.385 e. The molecule has 2 aromatic carbocycles. The molecule has 33 heavy (non-hydrogen) atoms. The second-order valence-electron chi connectivity index (χ2n) is 8.21. The summed E-state index contributed by atoms with van der Waals surface area (Å²) in [4.78, 5) is 27.7. The van der Waals surface area contributed by atoms with E-state index in [1.165, 1.54) is 0 Å². The number of anilines is 3. The predicted octanol–water partition coefficient (Wildman–Crippen LogP) is 5.64. The Hall–Kier alpha value is -2.48. The lowest BCUT2D eigenvalue weighted by molar-refractivity contribution is 0.0949. The van der Waals surface area contributed by atoms with Crippen molar-refractivity contribution >= 4 is 52.2 Å². The maximum Gasteiger partial charge on any atom is 0.323 e. The monoisotopic (exact) mass is 492 g/mol. The fraction of sp³-hybridized carbons (Fsp3) is 0.417. The van der Waals surface area contributed by atoms with Crippen LogP contribution in [0.3, 0.4) is 0 Å². The molecule has 178 valence electrons. The Morgan fingerprint density at radius 1 is 1.03 bits per heavy atom. The summed E-state index contributed by atoms with van der Waals surface area (Å²) in [6.45, 7) is 5.14. The molecule has 1 heterocycles. The number of rotatable bonds is 8.